The molecule has 20 heavy (non-hydrogen) atoms. The van der Waals surface area contributed by atoms with Crippen LogP contribution in [0.15, 0.2) is 24.3 Å². The Hall–Kier alpha value is -1.55. The van der Waals surface area contributed by atoms with Gasteiger partial charge in [-0.1, -0.05) is 18.6 Å². The highest BCUT2D eigenvalue weighted by molar-refractivity contribution is 5.77. The van der Waals surface area contributed by atoms with E-state index < -0.39 is 0 Å². The molecule has 4 heteroatoms. The fraction of sp³-hybridized carbons (Fsp3) is 0.562. The number of H-pyrrole nitrogens is 1. The van der Waals surface area contributed by atoms with Gasteiger partial charge in [0.15, 0.2) is 0 Å². The minimum atomic E-state index is 0.444. The number of nitrogens with one attached hydrogen (secondary N) is 2. The normalized spacial score (nSPS) is 19.6. The monoisotopic (exact) mass is 272 g/mol. The minimum absolute atomic E-state index is 0.444. The number of para-hydroxylation sites is 2. The van der Waals surface area contributed by atoms with Crippen molar-refractivity contribution in [2.75, 3.05) is 18.0 Å². The molecular formula is C16H24N4. The van der Waals surface area contributed by atoms with Crippen LogP contribution in [0.25, 0.3) is 11.0 Å². The molecule has 3 rings (SSSR count). The zero-order chi connectivity index (χ0) is 13.9. The number of rotatable bonds is 4. The first-order valence-corrected chi connectivity index (χ1v) is 7.69. The number of nitrogens with zero attached hydrogens (tertiary/aromatic N) is 2. The van der Waals surface area contributed by atoms with Gasteiger partial charge in [0.25, 0.3) is 0 Å². The van der Waals surface area contributed by atoms with Crippen LogP contribution in [0.1, 0.15) is 33.1 Å². The maximum atomic E-state index is 4.74. The minimum Gasteiger partial charge on any atom is -0.338 e. The van der Waals surface area contributed by atoms with E-state index in [1.807, 2.05) is 12.1 Å². The van der Waals surface area contributed by atoms with E-state index in [2.05, 4.69) is 41.2 Å². The Kier molecular flexibility index (Phi) is 3.92. The maximum absolute atomic E-state index is 4.74. The van der Waals surface area contributed by atoms with Crippen molar-refractivity contribution < 1.29 is 0 Å². The Labute approximate surface area is 120 Å². The molecule has 1 fully saturated rings. The lowest BCUT2D eigenvalue weighted by atomic mass is 10.0. The van der Waals surface area contributed by atoms with Crippen LogP contribution in [0.2, 0.25) is 0 Å². The highest BCUT2D eigenvalue weighted by Crippen LogP contribution is 2.20. The summed E-state index contributed by atoms with van der Waals surface area (Å²) in [6.07, 6.45) is 3.91. The molecule has 1 aromatic carbocycles. The number of anilines is 1. The first-order chi connectivity index (χ1) is 9.74. The van der Waals surface area contributed by atoms with Gasteiger partial charge in [-0.3, -0.25) is 0 Å². The number of hydrogen-bond donors (Lipinski definition) is 2. The Morgan fingerprint density at radius 3 is 2.85 bits per heavy atom. The molecule has 2 N–H and O–H groups in total. The first kappa shape index (κ1) is 13.4. The number of imidazole rings is 1. The molecule has 2 aromatic rings. The Morgan fingerprint density at radius 2 is 2.15 bits per heavy atom. The molecule has 4 nitrogen and oxygen atoms in total. The molecule has 0 aliphatic carbocycles. The molecule has 0 bridgehead atoms. The van der Waals surface area contributed by atoms with Crippen LogP contribution in [0.4, 0.5) is 5.95 Å². The van der Waals surface area contributed by atoms with Gasteiger partial charge in [-0.25, -0.2) is 4.98 Å². The lowest BCUT2D eigenvalue weighted by molar-refractivity contribution is 0.392. The largest absolute Gasteiger partial charge is 0.338 e. The fourth-order valence-electron chi connectivity index (χ4n) is 2.93. The first-order valence-electron chi connectivity index (χ1n) is 7.69. The standard InChI is InChI=1S/C16H24N4/c1-12(2)20(11-13-7-5-6-10-17-13)16-18-14-8-3-4-9-15(14)19-16/h3-4,8-9,12-13,17H,5-7,10-11H2,1-2H3,(H,18,19). The van der Waals surface area contributed by atoms with Gasteiger partial charge >= 0.3 is 0 Å². The van der Waals surface area contributed by atoms with Crippen LogP contribution in [0.5, 0.6) is 0 Å². The van der Waals surface area contributed by atoms with E-state index in [9.17, 15) is 0 Å². The van der Waals surface area contributed by atoms with Crippen molar-refractivity contribution in [3.63, 3.8) is 0 Å². The summed E-state index contributed by atoms with van der Waals surface area (Å²) in [6.45, 7) is 6.64. The third kappa shape index (κ3) is 2.80. The predicted molar refractivity (Wildman–Crippen MR) is 84.2 cm³/mol. The van der Waals surface area contributed by atoms with Crippen LogP contribution < -0.4 is 10.2 Å². The van der Waals surface area contributed by atoms with Crippen LogP contribution >= 0.6 is 0 Å². The summed E-state index contributed by atoms with van der Waals surface area (Å²) in [6, 6.07) is 9.26. The number of fused-ring (bicyclic) bond motifs is 1. The summed E-state index contributed by atoms with van der Waals surface area (Å²) in [5, 5.41) is 3.62. The SMILES string of the molecule is CC(C)N(CC1CCCCN1)c1nc2ccccc2[nH]1. The summed E-state index contributed by atoms with van der Waals surface area (Å²) in [5.41, 5.74) is 2.16. The van der Waals surface area contributed by atoms with Gasteiger partial charge < -0.3 is 15.2 Å². The summed E-state index contributed by atoms with van der Waals surface area (Å²) >= 11 is 0. The van der Waals surface area contributed by atoms with E-state index in [1.165, 1.54) is 19.3 Å². The molecule has 0 spiro atoms. The summed E-state index contributed by atoms with van der Waals surface area (Å²) < 4.78 is 0. The molecule has 1 atom stereocenters. The number of benzene rings is 1. The van der Waals surface area contributed by atoms with Crippen molar-refractivity contribution >= 4 is 17.0 Å². The van der Waals surface area contributed by atoms with E-state index in [0.717, 1.165) is 30.1 Å². The van der Waals surface area contributed by atoms with Gasteiger partial charge in [-0.15, -0.1) is 0 Å². The molecule has 108 valence electrons. The van der Waals surface area contributed by atoms with Gasteiger partial charge in [-0.05, 0) is 45.4 Å². The second kappa shape index (κ2) is 5.83. The predicted octanol–water partition coefficient (Wildman–Crippen LogP) is 2.92. The molecule has 1 aromatic heterocycles. The Morgan fingerprint density at radius 1 is 1.30 bits per heavy atom. The molecule has 1 saturated heterocycles. The fourth-order valence-corrected chi connectivity index (χ4v) is 2.93. The topological polar surface area (TPSA) is 44.0 Å². The number of piperidine rings is 1. The van der Waals surface area contributed by atoms with Crippen LogP contribution in [-0.4, -0.2) is 35.1 Å². The number of hydrogen-bond acceptors (Lipinski definition) is 3. The van der Waals surface area contributed by atoms with E-state index in [-0.39, 0.29) is 0 Å². The van der Waals surface area contributed by atoms with Crippen molar-refractivity contribution in [3.8, 4) is 0 Å². The number of aromatic nitrogens is 2. The Bertz CT molecular complexity index is 521. The highest BCUT2D eigenvalue weighted by atomic mass is 15.3. The van der Waals surface area contributed by atoms with Crippen LogP contribution in [0, 0.1) is 0 Å². The van der Waals surface area contributed by atoms with Crippen molar-refractivity contribution in [2.45, 2.75) is 45.2 Å². The molecule has 1 aliphatic heterocycles. The van der Waals surface area contributed by atoms with Crippen molar-refractivity contribution in [3.05, 3.63) is 24.3 Å². The molecule has 0 amide bonds. The molecular weight excluding hydrogens is 248 g/mol. The lowest BCUT2D eigenvalue weighted by Gasteiger charge is -2.33. The summed E-state index contributed by atoms with van der Waals surface area (Å²) in [7, 11) is 0. The van der Waals surface area contributed by atoms with Crippen LogP contribution in [-0.2, 0) is 0 Å². The molecule has 0 saturated carbocycles. The molecule has 2 heterocycles. The number of aromatic amines is 1. The van der Waals surface area contributed by atoms with Gasteiger partial charge in [0.05, 0.1) is 11.0 Å². The third-order valence-electron chi connectivity index (χ3n) is 4.10. The van der Waals surface area contributed by atoms with E-state index in [1.54, 1.807) is 0 Å². The second-order valence-electron chi connectivity index (χ2n) is 5.97. The smallest absolute Gasteiger partial charge is 0.204 e. The van der Waals surface area contributed by atoms with Gasteiger partial charge in [-0.2, -0.15) is 0 Å². The van der Waals surface area contributed by atoms with Gasteiger partial charge in [0, 0.05) is 18.6 Å². The molecule has 1 unspecified atom stereocenters. The summed E-state index contributed by atoms with van der Waals surface area (Å²) in [4.78, 5) is 10.6. The van der Waals surface area contributed by atoms with Crippen molar-refractivity contribution in [1.29, 1.82) is 0 Å². The zero-order valence-electron chi connectivity index (χ0n) is 12.4. The quantitative estimate of drug-likeness (QED) is 0.899. The van der Waals surface area contributed by atoms with Gasteiger partial charge in [0.1, 0.15) is 0 Å². The van der Waals surface area contributed by atoms with E-state index in [0.29, 0.717) is 12.1 Å². The molecule has 0 radical (unpaired) electrons. The van der Waals surface area contributed by atoms with E-state index >= 15 is 0 Å². The zero-order valence-corrected chi connectivity index (χ0v) is 12.4. The van der Waals surface area contributed by atoms with Crippen molar-refractivity contribution in [1.82, 2.24) is 15.3 Å². The average molecular weight is 272 g/mol. The Balaban J connectivity index is 1.81. The highest BCUT2D eigenvalue weighted by Gasteiger charge is 2.21. The summed E-state index contributed by atoms with van der Waals surface area (Å²) in [5.74, 6) is 0.994. The second-order valence-corrected chi connectivity index (χ2v) is 5.97. The third-order valence-corrected chi connectivity index (χ3v) is 4.10. The maximum Gasteiger partial charge on any atom is 0.204 e. The van der Waals surface area contributed by atoms with E-state index in [4.69, 9.17) is 4.98 Å². The van der Waals surface area contributed by atoms with Crippen LogP contribution in [0.3, 0.4) is 0 Å². The van der Waals surface area contributed by atoms with Crippen molar-refractivity contribution in [2.24, 2.45) is 0 Å². The average Bonchev–Trinajstić information content (AvgIpc) is 2.89. The lowest BCUT2D eigenvalue weighted by Crippen LogP contribution is -2.46. The molecule has 1 aliphatic rings. The van der Waals surface area contributed by atoms with Gasteiger partial charge in [0.2, 0.25) is 5.95 Å².